The number of ether oxygens (including phenoxy) is 2. The maximum Gasteiger partial charge on any atom is 0.330 e. The Morgan fingerprint density at radius 2 is 1.92 bits per heavy atom. The maximum absolute atomic E-state index is 10.5. The molecule has 0 fully saturated rings. The molecule has 0 aromatic carbocycles. The van der Waals surface area contributed by atoms with Crippen molar-refractivity contribution < 1.29 is 19.1 Å². The molecule has 0 saturated carbocycles. The summed E-state index contributed by atoms with van der Waals surface area (Å²) in [6.45, 7) is 1.29. The summed E-state index contributed by atoms with van der Waals surface area (Å²) >= 11 is 0. The summed E-state index contributed by atoms with van der Waals surface area (Å²) in [5.74, 6) is -0.861. The van der Waals surface area contributed by atoms with Crippen LogP contribution in [0.3, 0.4) is 0 Å². The molecule has 66 valence electrons. The number of hydrogen-bond donors (Lipinski definition) is 0. The van der Waals surface area contributed by atoms with Crippen molar-refractivity contribution in [3.05, 3.63) is 24.5 Å². The van der Waals surface area contributed by atoms with Crippen LogP contribution in [0.15, 0.2) is 24.5 Å². The van der Waals surface area contributed by atoms with Crippen LogP contribution in [0.4, 0.5) is 0 Å². The topological polar surface area (TPSA) is 52.6 Å². The highest BCUT2D eigenvalue weighted by Gasteiger charge is 1.87. The number of carbonyl (C=O) groups excluding carboxylic acids is 2. The second-order valence-corrected chi connectivity index (χ2v) is 1.82. The van der Waals surface area contributed by atoms with E-state index >= 15 is 0 Å². The minimum atomic E-state index is -0.456. The maximum atomic E-state index is 10.5. The van der Waals surface area contributed by atoms with Gasteiger partial charge >= 0.3 is 11.9 Å². The van der Waals surface area contributed by atoms with Crippen LogP contribution >= 0.6 is 0 Å². The van der Waals surface area contributed by atoms with Gasteiger partial charge in [-0.05, 0) is 6.08 Å². The van der Waals surface area contributed by atoms with Crippen molar-refractivity contribution in [1.82, 2.24) is 0 Å². The van der Waals surface area contributed by atoms with Gasteiger partial charge in [-0.15, -0.1) is 0 Å². The first-order valence-electron chi connectivity index (χ1n) is 3.25. The highest BCUT2D eigenvalue weighted by atomic mass is 16.5. The molecular weight excluding hydrogens is 160 g/mol. The molecule has 0 N–H and O–H groups in total. The van der Waals surface area contributed by atoms with Gasteiger partial charge in [0.05, 0.1) is 13.4 Å². The Morgan fingerprint density at radius 1 is 1.25 bits per heavy atom. The molecular formula is C8H10O4. The van der Waals surface area contributed by atoms with E-state index in [2.05, 4.69) is 9.47 Å². The molecule has 4 nitrogen and oxygen atoms in total. The van der Waals surface area contributed by atoms with E-state index in [0.717, 1.165) is 0 Å². The highest BCUT2D eigenvalue weighted by Crippen LogP contribution is 1.82. The summed E-state index contributed by atoms with van der Waals surface area (Å²) in [5.41, 5.74) is 0. The van der Waals surface area contributed by atoms with Gasteiger partial charge in [0, 0.05) is 13.0 Å². The average molecular weight is 170 g/mol. The lowest BCUT2D eigenvalue weighted by Gasteiger charge is -1.88. The molecule has 0 amide bonds. The molecule has 0 saturated heterocycles. The number of hydrogen-bond acceptors (Lipinski definition) is 4. The van der Waals surface area contributed by atoms with Gasteiger partial charge in [0.15, 0.2) is 0 Å². The highest BCUT2D eigenvalue weighted by molar-refractivity contribution is 5.82. The summed E-state index contributed by atoms with van der Waals surface area (Å²) in [6, 6.07) is 0. The zero-order valence-corrected chi connectivity index (χ0v) is 6.94. The summed E-state index contributed by atoms with van der Waals surface area (Å²) in [6.07, 6.45) is 5.22. The zero-order valence-electron chi connectivity index (χ0n) is 6.94. The van der Waals surface area contributed by atoms with Gasteiger partial charge in [-0.3, -0.25) is 4.79 Å². The number of esters is 2. The SMILES string of the molecule is COC(=O)/C=C/C=C\OC(C)=O. The first-order chi connectivity index (χ1) is 5.66. The van der Waals surface area contributed by atoms with Gasteiger partial charge in [-0.2, -0.15) is 0 Å². The van der Waals surface area contributed by atoms with E-state index < -0.39 is 11.9 Å². The molecule has 0 bridgehead atoms. The van der Waals surface area contributed by atoms with E-state index in [0.29, 0.717) is 0 Å². The Morgan fingerprint density at radius 3 is 2.42 bits per heavy atom. The zero-order chi connectivity index (χ0) is 9.40. The molecule has 0 unspecified atom stereocenters. The van der Waals surface area contributed by atoms with Gasteiger partial charge < -0.3 is 9.47 Å². The van der Waals surface area contributed by atoms with Crippen LogP contribution in [-0.4, -0.2) is 19.0 Å². The lowest BCUT2D eigenvalue weighted by Crippen LogP contribution is -1.93. The molecule has 0 spiro atoms. The minimum Gasteiger partial charge on any atom is -0.466 e. The molecule has 0 atom stereocenters. The third-order valence-electron chi connectivity index (χ3n) is 0.857. The predicted molar refractivity (Wildman–Crippen MR) is 42.1 cm³/mol. The fourth-order valence-corrected chi connectivity index (χ4v) is 0.383. The summed E-state index contributed by atoms with van der Waals surface area (Å²) < 4.78 is 8.74. The first-order valence-corrected chi connectivity index (χ1v) is 3.25. The van der Waals surface area contributed by atoms with E-state index in [1.54, 1.807) is 0 Å². The van der Waals surface area contributed by atoms with Crippen molar-refractivity contribution in [1.29, 1.82) is 0 Å². The fraction of sp³-hybridized carbons (Fsp3) is 0.250. The number of carbonyl (C=O) groups is 2. The Balaban J connectivity index is 3.66. The van der Waals surface area contributed by atoms with E-state index in [-0.39, 0.29) is 0 Å². The summed E-state index contributed by atoms with van der Waals surface area (Å²) in [7, 11) is 1.28. The molecule has 0 aliphatic heterocycles. The van der Waals surface area contributed by atoms with Crippen molar-refractivity contribution in [2.45, 2.75) is 6.92 Å². The molecule has 0 rings (SSSR count). The monoisotopic (exact) mass is 170 g/mol. The molecule has 0 aromatic rings. The standard InChI is InChI=1S/C8H10O4/c1-7(9)12-6-4-3-5-8(10)11-2/h3-6H,1-2H3/b5-3+,6-4-. The Bertz CT molecular complexity index is 215. The van der Waals surface area contributed by atoms with Gasteiger partial charge in [0.25, 0.3) is 0 Å². The molecule has 0 aliphatic carbocycles. The molecule has 0 radical (unpaired) electrons. The third kappa shape index (κ3) is 6.54. The quantitative estimate of drug-likeness (QED) is 0.272. The molecule has 12 heavy (non-hydrogen) atoms. The Hall–Kier alpha value is -1.58. The fourth-order valence-electron chi connectivity index (χ4n) is 0.383. The largest absolute Gasteiger partial charge is 0.466 e. The van der Waals surface area contributed by atoms with Crippen LogP contribution in [0.1, 0.15) is 6.92 Å². The molecule has 0 aliphatic rings. The first kappa shape index (κ1) is 10.4. The molecule has 0 heterocycles. The second-order valence-electron chi connectivity index (χ2n) is 1.82. The van der Waals surface area contributed by atoms with E-state index in [1.807, 2.05) is 0 Å². The third-order valence-corrected chi connectivity index (χ3v) is 0.857. The lowest BCUT2D eigenvalue weighted by molar-refractivity contribution is -0.136. The van der Waals surface area contributed by atoms with Crippen LogP contribution in [0.2, 0.25) is 0 Å². The Labute approximate surface area is 70.5 Å². The predicted octanol–water partition coefficient (Wildman–Crippen LogP) is 0.792. The van der Waals surface area contributed by atoms with Crippen molar-refractivity contribution in [2.24, 2.45) is 0 Å². The van der Waals surface area contributed by atoms with Crippen LogP contribution in [-0.2, 0) is 19.1 Å². The van der Waals surface area contributed by atoms with Crippen molar-refractivity contribution >= 4 is 11.9 Å². The van der Waals surface area contributed by atoms with Crippen LogP contribution in [0.25, 0.3) is 0 Å². The minimum absolute atomic E-state index is 0.405. The number of rotatable bonds is 3. The van der Waals surface area contributed by atoms with Crippen molar-refractivity contribution in [3.8, 4) is 0 Å². The molecule has 4 heteroatoms. The second kappa shape index (κ2) is 6.15. The van der Waals surface area contributed by atoms with Gasteiger partial charge in [-0.25, -0.2) is 4.79 Å². The van der Waals surface area contributed by atoms with Crippen LogP contribution in [0, 0.1) is 0 Å². The average Bonchev–Trinajstić information content (AvgIpc) is 2.03. The smallest absolute Gasteiger partial charge is 0.330 e. The summed E-state index contributed by atoms with van der Waals surface area (Å²) in [5, 5.41) is 0. The summed E-state index contributed by atoms with van der Waals surface area (Å²) in [4.78, 5) is 20.7. The van der Waals surface area contributed by atoms with E-state index in [4.69, 9.17) is 0 Å². The van der Waals surface area contributed by atoms with Crippen LogP contribution < -0.4 is 0 Å². The number of allylic oxidation sites excluding steroid dienone is 2. The lowest BCUT2D eigenvalue weighted by atomic mass is 10.5. The van der Waals surface area contributed by atoms with Crippen LogP contribution in [0.5, 0.6) is 0 Å². The van der Waals surface area contributed by atoms with Gasteiger partial charge in [0.1, 0.15) is 0 Å². The number of methoxy groups -OCH3 is 1. The van der Waals surface area contributed by atoms with E-state index in [9.17, 15) is 9.59 Å². The Kier molecular flexibility index (Phi) is 5.34. The van der Waals surface area contributed by atoms with E-state index in [1.165, 1.54) is 38.5 Å². The molecule has 0 aromatic heterocycles. The van der Waals surface area contributed by atoms with Crippen molar-refractivity contribution in [3.63, 3.8) is 0 Å². The van der Waals surface area contributed by atoms with Crippen molar-refractivity contribution in [2.75, 3.05) is 7.11 Å². The van der Waals surface area contributed by atoms with Gasteiger partial charge in [-0.1, -0.05) is 6.08 Å². The normalized spacial score (nSPS) is 10.5. The van der Waals surface area contributed by atoms with Gasteiger partial charge in [0.2, 0.25) is 0 Å².